The fourth-order valence-corrected chi connectivity index (χ4v) is 10.5. The molecule has 0 spiro atoms. The summed E-state index contributed by atoms with van der Waals surface area (Å²) in [5, 5.41) is 12.0. The zero-order valence-corrected chi connectivity index (χ0v) is 38.4. The Hall–Kier alpha value is -8.64. The molecule has 0 unspecified atom stereocenters. The Balaban J connectivity index is 0.000000158. The molecular weight excluding hydrogens is 889 g/mol. The summed E-state index contributed by atoms with van der Waals surface area (Å²) in [6.45, 7) is 7.62. The van der Waals surface area contributed by atoms with E-state index in [2.05, 4.69) is 0 Å². The Labute approximate surface area is 397 Å². The number of fused-ring (bicyclic) bond motifs is 4. The van der Waals surface area contributed by atoms with Gasteiger partial charge >= 0.3 is 35.8 Å². The number of hydrogen-bond acceptors (Lipinski definition) is 12. The van der Waals surface area contributed by atoms with Crippen LogP contribution in [0, 0.1) is 0 Å². The van der Waals surface area contributed by atoms with E-state index in [1.165, 1.54) is 13.8 Å². The average molecular weight is 929 g/mol. The van der Waals surface area contributed by atoms with Crippen molar-refractivity contribution >= 4 is 134 Å². The Morgan fingerprint density at radius 3 is 0.900 bits per heavy atom. The lowest BCUT2D eigenvalue weighted by Crippen LogP contribution is -2.20. The molecule has 0 atom stereocenters. The number of ether oxygens (including phenoxy) is 4. The zero-order chi connectivity index (χ0) is 48.9. The molecule has 12 nitrogen and oxygen atoms in total. The Morgan fingerprint density at radius 2 is 0.614 bits per heavy atom. The van der Waals surface area contributed by atoms with E-state index in [1.54, 1.807) is 48.5 Å². The van der Waals surface area contributed by atoms with Crippen molar-refractivity contribution in [3.63, 3.8) is 0 Å². The highest BCUT2D eigenvalue weighted by Crippen LogP contribution is 2.47. The molecule has 10 aromatic rings. The molecule has 12 rings (SSSR count). The van der Waals surface area contributed by atoms with Crippen molar-refractivity contribution in [3.8, 4) is 0 Å². The highest BCUT2D eigenvalue weighted by atomic mass is 16.6. The molecule has 2 heterocycles. The molecule has 70 heavy (non-hydrogen) atoms. The van der Waals surface area contributed by atoms with Gasteiger partial charge < -0.3 is 18.9 Å². The van der Waals surface area contributed by atoms with Crippen molar-refractivity contribution in [2.24, 2.45) is 0 Å². The number of unbranched alkanes of at least 4 members (excludes halogenated alkanes) is 2. The maximum absolute atomic E-state index is 13.3. The summed E-state index contributed by atoms with van der Waals surface area (Å²) in [6, 6.07) is 28.3. The fourth-order valence-electron chi connectivity index (χ4n) is 10.5. The SMILES string of the molecule is CCCCOC(=O)c1ccc2c3ccc(C(C)=O)c4c(C(C)=O)ccc(c5ccc(C(=O)OCCCC)c1c25)c43.O=C1OC(=O)c2ccc3c4ccc5c6c(ccc(c7ccc1c2c73)c64)C(=O)OC5=O. The first-order chi connectivity index (χ1) is 33.8. The third-order valence-corrected chi connectivity index (χ3v) is 13.7. The van der Waals surface area contributed by atoms with Gasteiger partial charge in [0.15, 0.2) is 11.6 Å². The topological polar surface area (TPSA) is 173 Å². The Morgan fingerprint density at radius 1 is 0.357 bits per heavy atom. The van der Waals surface area contributed by atoms with E-state index < -0.39 is 35.8 Å². The first-order valence-electron chi connectivity index (χ1n) is 23.1. The number of hydrogen-bond donors (Lipinski definition) is 0. The first-order valence-corrected chi connectivity index (χ1v) is 23.1. The number of rotatable bonds is 10. The van der Waals surface area contributed by atoms with Gasteiger partial charge in [0.1, 0.15) is 0 Å². The van der Waals surface area contributed by atoms with Crippen LogP contribution in [0.15, 0.2) is 97.1 Å². The summed E-state index contributed by atoms with van der Waals surface area (Å²) < 4.78 is 20.9. The van der Waals surface area contributed by atoms with Crippen LogP contribution in [0.1, 0.15) is 136 Å². The standard InChI is InChI=1S/C34H32O6.C24H8O6/c1-5-7-17-39-33(37)27-15-13-25-23-11-9-21(19(3)35)29-22(20(4)36)10-12-24(30(23)29)26-14-16-28(32(27)31(25)26)34(38)40-18-8-6-2;25-21-13-5-1-9-10-2-6-15-20-16(24(28)30-23(15)27)8-4-12(18(10)20)11-3-7-14(22(26)29-21)19(13)17(9)11/h9-16H,5-8,17-18H2,1-4H3;1-8H. The number of cyclic esters (lactones) is 4. The van der Waals surface area contributed by atoms with Crippen LogP contribution < -0.4 is 0 Å². The summed E-state index contributed by atoms with van der Waals surface area (Å²) in [6.07, 6.45) is 3.26. The third-order valence-electron chi connectivity index (χ3n) is 13.7. The van der Waals surface area contributed by atoms with Gasteiger partial charge in [-0.05, 0) is 128 Å². The predicted octanol–water partition coefficient (Wildman–Crippen LogP) is 12.4. The van der Waals surface area contributed by atoms with Crippen LogP contribution in [0.25, 0.3) is 86.2 Å². The van der Waals surface area contributed by atoms with Crippen LogP contribution in [0.4, 0.5) is 0 Å². The molecule has 0 saturated carbocycles. The molecule has 0 aliphatic carbocycles. The molecule has 0 fully saturated rings. The van der Waals surface area contributed by atoms with Gasteiger partial charge in [0.05, 0.1) is 46.6 Å². The lowest BCUT2D eigenvalue weighted by atomic mass is 9.83. The summed E-state index contributed by atoms with van der Waals surface area (Å²) in [4.78, 5) is 101. The minimum atomic E-state index is -0.666. The maximum atomic E-state index is 13.3. The molecular formula is C58H40O12. The Bertz CT molecular complexity index is 3680. The lowest BCUT2D eigenvalue weighted by Gasteiger charge is -2.22. The van der Waals surface area contributed by atoms with E-state index in [0.29, 0.717) is 79.3 Å². The number of Topliss-reactive ketones (excluding diaryl/α,β-unsaturated/α-hetero) is 2. The number of esters is 6. The number of carbonyl (C=O) groups is 8. The van der Waals surface area contributed by atoms with Gasteiger partial charge in [0, 0.05) is 32.7 Å². The monoisotopic (exact) mass is 928 g/mol. The predicted molar refractivity (Wildman–Crippen MR) is 265 cm³/mol. The molecule has 0 radical (unpaired) electrons. The maximum Gasteiger partial charge on any atom is 0.346 e. The van der Waals surface area contributed by atoms with E-state index in [0.717, 1.165) is 90.3 Å². The average Bonchev–Trinajstić information content (AvgIpc) is 3.35. The lowest BCUT2D eigenvalue weighted by molar-refractivity contribution is 0.0373. The normalized spacial score (nSPS) is 13.2. The largest absolute Gasteiger partial charge is 0.462 e. The summed E-state index contributed by atoms with van der Waals surface area (Å²) in [5.41, 5.74) is 2.96. The van der Waals surface area contributed by atoms with Gasteiger partial charge in [-0.1, -0.05) is 87.4 Å². The first kappa shape index (κ1) is 43.9. The second-order valence-electron chi connectivity index (χ2n) is 17.7. The Kier molecular flexibility index (Phi) is 10.4. The van der Waals surface area contributed by atoms with Gasteiger partial charge in [-0.3, -0.25) is 9.59 Å². The highest BCUT2D eigenvalue weighted by Gasteiger charge is 2.33. The van der Waals surface area contributed by atoms with E-state index in [-0.39, 0.29) is 11.6 Å². The molecule has 0 saturated heterocycles. The zero-order valence-electron chi connectivity index (χ0n) is 38.4. The van der Waals surface area contributed by atoms with E-state index in [1.807, 2.05) is 62.4 Å². The van der Waals surface area contributed by atoms with Crippen LogP contribution >= 0.6 is 0 Å². The van der Waals surface area contributed by atoms with Crippen LogP contribution in [0.3, 0.4) is 0 Å². The van der Waals surface area contributed by atoms with Crippen molar-refractivity contribution in [2.45, 2.75) is 53.4 Å². The van der Waals surface area contributed by atoms with Crippen LogP contribution in [0.5, 0.6) is 0 Å². The minimum Gasteiger partial charge on any atom is -0.462 e. The van der Waals surface area contributed by atoms with E-state index in [9.17, 15) is 38.4 Å². The highest BCUT2D eigenvalue weighted by molar-refractivity contribution is 6.41. The summed E-state index contributed by atoms with van der Waals surface area (Å²) >= 11 is 0. The molecule has 2 aliphatic heterocycles. The molecule has 2 aliphatic rings. The number of benzene rings is 10. The van der Waals surface area contributed by atoms with Gasteiger partial charge in [-0.15, -0.1) is 0 Å². The molecule has 344 valence electrons. The van der Waals surface area contributed by atoms with Crippen LogP contribution in [0.2, 0.25) is 0 Å². The second-order valence-corrected chi connectivity index (χ2v) is 17.7. The molecule has 0 N–H and O–H groups in total. The molecule has 0 bridgehead atoms. The third kappa shape index (κ3) is 6.43. The second kappa shape index (κ2) is 16.6. The van der Waals surface area contributed by atoms with Crippen molar-refractivity contribution in [3.05, 3.63) is 142 Å². The van der Waals surface area contributed by atoms with Crippen molar-refractivity contribution in [2.75, 3.05) is 13.2 Å². The van der Waals surface area contributed by atoms with Crippen LogP contribution in [-0.2, 0) is 18.9 Å². The summed E-state index contributed by atoms with van der Waals surface area (Å²) in [7, 11) is 0. The van der Waals surface area contributed by atoms with Gasteiger partial charge in [0.25, 0.3) is 0 Å². The van der Waals surface area contributed by atoms with Crippen LogP contribution in [-0.4, -0.2) is 60.6 Å². The summed E-state index contributed by atoms with van der Waals surface area (Å²) in [5.74, 6) is -3.90. The van der Waals surface area contributed by atoms with Crippen molar-refractivity contribution in [1.29, 1.82) is 0 Å². The fraction of sp³-hybridized carbons (Fsp3) is 0.172. The number of carbonyl (C=O) groups excluding carboxylic acids is 8. The van der Waals surface area contributed by atoms with E-state index >= 15 is 0 Å². The molecule has 10 aromatic carbocycles. The smallest absolute Gasteiger partial charge is 0.346 e. The molecule has 0 amide bonds. The quantitative estimate of drug-likeness (QED) is 0.0242. The van der Waals surface area contributed by atoms with E-state index in [4.69, 9.17) is 18.9 Å². The molecule has 12 heteroatoms. The van der Waals surface area contributed by atoms with Gasteiger partial charge in [-0.2, -0.15) is 0 Å². The minimum absolute atomic E-state index is 0.127. The van der Waals surface area contributed by atoms with Gasteiger partial charge in [0.2, 0.25) is 0 Å². The van der Waals surface area contributed by atoms with Gasteiger partial charge in [-0.25, -0.2) is 28.8 Å². The molecule has 0 aromatic heterocycles. The number of ketones is 2. The van der Waals surface area contributed by atoms with Crippen molar-refractivity contribution in [1.82, 2.24) is 0 Å². The van der Waals surface area contributed by atoms with Crippen molar-refractivity contribution < 1.29 is 57.3 Å².